The number of amides is 1. The van der Waals surface area contributed by atoms with Gasteiger partial charge in [-0.15, -0.1) is 0 Å². The van der Waals surface area contributed by atoms with Crippen molar-refractivity contribution in [1.82, 2.24) is 5.32 Å². The average Bonchev–Trinajstić information content (AvgIpc) is 2.37. The summed E-state index contributed by atoms with van der Waals surface area (Å²) in [5.41, 5.74) is -3.51. The Balaban J connectivity index is 3.06. The van der Waals surface area contributed by atoms with Gasteiger partial charge in [-0.25, -0.2) is 4.79 Å². The molecule has 8 heteroatoms. The van der Waals surface area contributed by atoms with Gasteiger partial charge in [-0.2, -0.15) is 13.2 Å². The molecule has 5 nitrogen and oxygen atoms in total. The Morgan fingerprint density at radius 3 is 2.35 bits per heavy atom. The van der Waals surface area contributed by atoms with Gasteiger partial charge in [-0.3, -0.25) is 4.79 Å². The van der Waals surface area contributed by atoms with Gasteiger partial charge in [0.05, 0.1) is 7.11 Å². The summed E-state index contributed by atoms with van der Waals surface area (Å²) < 4.78 is 43.1. The summed E-state index contributed by atoms with van der Waals surface area (Å²) in [5.74, 6) is -3.09. The number of benzene rings is 1. The van der Waals surface area contributed by atoms with Gasteiger partial charge in [0.25, 0.3) is 5.91 Å². The van der Waals surface area contributed by atoms with E-state index in [1.807, 2.05) is 0 Å². The molecule has 0 aliphatic rings. The highest BCUT2D eigenvalue weighted by Crippen LogP contribution is 2.30. The van der Waals surface area contributed by atoms with Gasteiger partial charge < -0.3 is 15.2 Å². The van der Waals surface area contributed by atoms with E-state index < -0.39 is 23.6 Å². The minimum atomic E-state index is -5.13. The number of carboxylic acids is 1. The lowest BCUT2D eigenvalue weighted by Gasteiger charge is -2.28. The minimum absolute atomic E-state index is 0.138. The van der Waals surface area contributed by atoms with Crippen LogP contribution in [0.5, 0.6) is 5.75 Å². The van der Waals surface area contributed by atoms with E-state index in [-0.39, 0.29) is 11.3 Å². The number of methoxy groups -OCH3 is 1. The molecule has 1 aromatic carbocycles. The van der Waals surface area contributed by atoms with Crippen LogP contribution in [0.15, 0.2) is 24.3 Å². The fraction of sp³-hybridized carbons (Fsp3) is 0.333. The second-order valence-corrected chi connectivity index (χ2v) is 4.11. The molecule has 0 saturated carbocycles. The van der Waals surface area contributed by atoms with E-state index in [0.29, 0.717) is 6.92 Å². The Labute approximate surface area is 112 Å². The van der Waals surface area contributed by atoms with Crippen molar-refractivity contribution in [3.8, 4) is 5.75 Å². The molecule has 2 N–H and O–H groups in total. The standard InChI is InChI=1S/C12H12F3NO4/c1-11(10(18)19,12(13,14)15)16-9(17)7-4-3-5-8(6-7)20-2/h3-6H,1-2H3,(H,16,17)(H,18,19). The third kappa shape index (κ3) is 3.01. The van der Waals surface area contributed by atoms with Crippen molar-refractivity contribution < 1.29 is 32.6 Å². The number of hydrogen-bond acceptors (Lipinski definition) is 3. The first-order valence-electron chi connectivity index (χ1n) is 5.38. The minimum Gasteiger partial charge on any atom is -0.497 e. The van der Waals surface area contributed by atoms with E-state index in [1.165, 1.54) is 36.7 Å². The van der Waals surface area contributed by atoms with E-state index >= 15 is 0 Å². The Morgan fingerprint density at radius 2 is 1.90 bits per heavy atom. The van der Waals surface area contributed by atoms with Crippen LogP contribution in [0.25, 0.3) is 0 Å². The summed E-state index contributed by atoms with van der Waals surface area (Å²) in [6, 6.07) is 5.35. The fourth-order valence-electron chi connectivity index (χ4n) is 1.31. The van der Waals surface area contributed by atoms with Crippen LogP contribution < -0.4 is 10.1 Å². The number of hydrogen-bond donors (Lipinski definition) is 2. The molecule has 110 valence electrons. The number of carbonyl (C=O) groups excluding carboxylic acids is 1. The van der Waals surface area contributed by atoms with Crippen molar-refractivity contribution in [3.05, 3.63) is 29.8 Å². The van der Waals surface area contributed by atoms with Gasteiger partial charge in [0, 0.05) is 5.56 Å². The highest BCUT2D eigenvalue weighted by molar-refractivity contribution is 5.98. The largest absolute Gasteiger partial charge is 0.497 e. The lowest BCUT2D eigenvalue weighted by molar-refractivity contribution is -0.203. The van der Waals surface area contributed by atoms with Crippen molar-refractivity contribution in [2.24, 2.45) is 0 Å². The summed E-state index contributed by atoms with van der Waals surface area (Å²) in [7, 11) is 1.33. The third-order valence-corrected chi connectivity index (χ3v) is 2.69. The lowest BCUT2D eigenvalue weighted by atomic mass is 10.0. The van der Waals surface area contributed by atoms with Gasteiger partial charge in [-0.1, -0.05) is 6.07 Å². The summed E-state index contributed by atoms with van der Waals surface area (Å²) >= 11 is 0. The number of ether oxygens (including phenoxy) is 1. The molecule has 0 spiro atoms. The fourth-order valence-corrected chi connectivity index (χ4v) is 1.31. The van der Waals surface area contributed by atoms with Crippen LogP contribution in [0, 0.1) is 0 Å². The Bertz CT molecular complexity index is 530. The molecular weight excluding hydrogens is 279 g/mol. The summed E-state index contributed by atoms with van der Waals surface area (Å²) in [6.07, 6.45) is -5.13. The van der Waals surface area contributed by atoms with Gasteiger partial charge in [0.15, 0.2) is 0 Å². The average molecular weight is 291 g/mol. The number of aliphatic carboxylic acids is 1. The van der Waals surface area contributed by atoms with Crippen LogP contribution in [0.1, 0.15) is 17.3 Å². The quantitative estimate of drug-likeness (QED) is 0.887. The van der Waals surface area contributed by atoms with E-state index in [2.05, 4.69) is 0 Å². The molecule has 1 atom stereocenters. The van der Waals surface area contributed by atoms with Crippen LogP contribution in [-0.2, 0) is 4.79 Å². The van der Waals surface area contributed by atoms with Crippen molar-refractivity contribution in [2.45, 2.75) is 18.6 Å². The van der Waals surface area contributed by atoms with Gasteiger partial charge in [-0.05, 0) is 25.1 Å². The number of nitrogens with one attached hydrogen (secondary N) is 1. The zero-order chi connectivity index (χ0) is 15.6. The zero-order valence-electron chi connectivity index (χ0n) is 10.6. The first kappa shape index (κ1) is 15.8. The molecule has 0 aliphatic carbocycles. The first-order chi connectivity index (χ1) is 9.11. The molecule has 0 aromatic heterocycles. The third-order valence-electron chi connectivity index (χ3n) is 2.69. The molecule has 0 heterocycles. The molecule has 1 amide bonds. The van der Waals surface area contributed by atoms with Crippen LogP contribution in [0.4, 0.5) is 13.2 Å². The summed E-state index contributed by atoms with van der Waals surface area (Å²) in [6.45, 7) is 0.382. The van der Waals surface area contributed by atoms with Crippen molar-refractivity contribution in [1.29, 1.82) is 0 Å². The second-order valence-electron chi connectivity index (χ2n) is 4.11. The Kier molecular flexibility index (Phi) is 4.26. The molecule has 0 fully saturated rings. The van der Waals surface area contributed by atoms with Crippen molar-refractivity contribution >= 4 is 11.9 Å². The molecule has 0 aliphatic heterocycles. The lowest BCUT2D eigenvalue weighted by Crippen LogP contribution is -2.61. The molecular formula is C12H12F3NO4. The number of halogens is 3. The molecule has 0 radical (unpaired) electrons. The van der Waals surface area contributed by atoms with E-state index in [9.17, 15) is 22.8 Å². The predicted octanol–water partition coefficient (Wildman–Crippen LogP) is 1.83. The van der Waals surface area contributed by atoms with Gasteiger partial charge in [0.2, 0.25) is 5.54 Å². The predicted molar refractivity (Wildman–Crippen MR) is 62.6 cm³/mol. The van der Waals surface area contributed by atoms with Crippen molar-refractivity contribution in [3.63, 3.8) is 0 Å². The molecule has 1 rings (SSSR count). The van der Waals surface area contributed by atoms with Crippen LogP contribution in [0.2, 0.25) is 0 Å². The van der Waals surface area contributed by atoms with Crippen LogP contribution in [0.3, 0.4) is 0 Å². The smallest absolute Gasteiger partial charge is 0.422 e. The van der Waals surface area contributed by atoms with E-state index in [0.717, 1.165) is 0 Å². The maximum atomic E-state index is 12.8. The highest BCUT2D eigenvalue weighted by Gasteiger charge is 2.58. The normalized spacial score (nSPS) is 14.2. The Hall–Kier alpha value is -2.25. The molecule has 1 unspecified atom stereocenters. The van der Waals surface area contributed by atoms with Gasteiger partial charge in [0.1, 0.15) is 5.75 Å². The second kappa shape index (κ2) is 5.40. The SMILES string of the molecule is COc1cccc(C(=O)NC(C)(C(=O)O)C(F)(F)F)c1. The monoisotopic (exact) mass is 291 g/mol. The van der Waals surface area contributed by atoms with E-state index in [1.54, 1.807) is 0 Å². The van der Waals surface area contributed by atoms with Crippen LogP contribution in [-0.4, -0.2) is 35.8 Å². The maximum absolute atomic E-state index is 12.8. The number of carbonyl (C=O) groups is 2. The molecule has 0 saturated heterocycles. The van der Waals surface area contributed by atoms with Crippen molar-refractivity contribution in [2.75, 3.05) is 7.11 Å². The maximum Gasteiger partial charge on any atom is 0.422 e. The van der Waals surface area contributed by atoms with E-state index in [4.69, 9.17) is 9.84 Å². The number of alkyl halides is 3. The van der Waals surface area contributed by atoms with Crippen LogP contribution >= 0.6 is 0 Å². The number of carboxylic acid groups (broad SMARTS) is 1. The first-order valence-corrected chi connectivity index (χ1v) is 5.38. The summed E-state index contributed by atoms with van der Waals surface area (Å²) in [5, 5.41) is 10.2. The molecule has 20 heavy (non-hydrogen) atoms. The van der Waals surface area contributed by atoms with Gasteiger partial charge >= 0.3 is 12.1 Å². The highest BCUT2D eigenvalue weighted by atomic mass is 19.4. The molecule has 1 aromatic rings. The number of rotatable bonds is 4. The Morgan fingerprint density at radius 1 is 1.30 bits per heavy atom. The zero-order valence-corrected chi connectivity index (χ0v) is 10.6. The summed E-state index contributed by atoms with van der Waals surface area (Å²) in [4.78, 5) is 22.5. The molecule has 0 bridgehead atoms. The topological polar surface area (TPSA) is 75.6 Å².